The van der Waals surface area contributed by atoms with Crippen molar-refractivity contribution in [2.75, 3.05) is 17.8 Å². The van der Waals surface area contributed by atoms with Crippen molar-refractivity contribution in [3.8, 4) is 5.75 Å². The van der Waals surface area contributed by atoms with Crippen LogP contribution in [0.2, 0.25) is 0 Å². The molecule has 0 bridgehead atoms. The number of fused-ring (bicyclic) bond motifs is 1. The molecule has 0 spiro atoms. The van der Waals surface area contributed by atoms with Crippen LogP contribution in [-0.4, -0.2) is 35.9 Å². The zero-order chi connectivity index (χ0) is 20.1. The van der Waals surface area contributed by atoms with Crippen LogP contribution in [0.25, 0.3) is 0 Å². The van der Waals surface area contributed by atoms with Crippen molar-refractivity contribution in [2.45, 2.75) is 18.9 Å². The lowest BCUT2D eigenvalue weighted by molar-refractivity contribution is -0.139. The molecular formula is C21H22N2O4S. The van der Waals surface area contributed by atoms with Crippen LogP contribution in [-0.2, 0) is 11.2 Å². The molecule has 6 nitrogen and oxygen atoms in total. The number of hydrogen-bond acceptors (Lipinski definition) is 5. The summed E-state index contributed by atoms with van der Waals surface area (Å²) in [6, 6.07) is 13.7. The van der Waals surface area contributed by atoms with Gasteiger partial charge in [0.1, 0.15) is 17.6 Å². The first-order valence-corrected chi connectivity index (χ1v) is 9.55. The number of allylic oxidation sites excluding steroid dienone is 1. The summed E-state index contributed by atoms with van der Waals surface area (Å²) in [6.07, 6.45) is 2.76. The zero-order valence-corrected chi connectivity index (χ0v) is 16.4. The highest BCUT2D eigenvalue weighted by Gasteiger charge is 2.30. The van der Waals surface area contributed by atoms with Gasteiger partial charge in [-0.15, -0.1) is 0 Å². The van der Waals surface area contributed by atoms with Gasteiger partial charge in [-0.2, -0.15) is 12.6 Å². The number of para-hydroxylation sites is 2. The Morgan fingerprint density at radius 1 is 1.21 bits per heavy atom. The first kappa shape index (κ1) is 19.8. The largest absolute Gasteiger partial charge is 0.496 e. The van der Waals surface area contributed by atoms with Gasteiger partial charge in [-0.05, 0) is 48.4 Å². The lowest BCUT2D eigenvalue weighted by atomic mass is 10.0. The van der Waals surface area contributed by atoms with Crippen molar-refractivity contribution < 1.29 is 19.4 Å². The normalized spacial score (nSPS) is 13.9. The third-order valence-electron chi connectivity index (χ3n) is 4.57. The molecule has 0 fully saturated rings. The van der Waals surface area contributed by atoms with Crippen LogP contribution >= 0.6 is 12.6 Å². The minimum Gasteiger partial charge on any atom is -0.496 e. The highest BCUT2D eigenvalue weighted by atomic mass is 32.1. The van der Waals surface area contributed by atoms with Gasteiger partial charge >= 0.3 is 5.97 Å². The standard InChI is InChI=1S/C21H22N2O4S/c1-27-18-9-5-3-7-15(18)20(24)23-17-8-4-2-6-14(17)10-11-19(23)22-16(12-13-28)21(25)26/h2-9,11,16,22,28H,10,12-13H2,1H3,(H,25,26)/t16-/m0/s1. The van der Waals surface area contributed by atoms with E-state index in [1.807, 2.05) is 30.3 Å². The number of carbonyl (C=O) groups is 2. The fourth-order valence-corrected chi connectivity index (χ4v) is 3.44. The minimum absolute atomic E-state index is 0.293. The first-order valence-electron chi connectivity index (χ1n) is 8.92. The molecule has 0 saturated heterocycles. The van der Waals surface area contributed by atoms with Crippen molar-refractivity contribution >= 4 is 30.2 Å². The molecule has 28 heavy (non-hydrogen) atoms. The second-order valence-electron chi connectivity index (χ2n) is 6.31. The van der Waals surface area contributed by atoms with Gasteiger partial charge in [-0.1, -0.05) is 30.3 Å². The molecule has 0 aromatic heterocycles. The summed E-state index contributed by atoms with van der Waals surface area (Å²) in [4.78, 5) is 26.6. The summed E-state index contributed by atoms with van der Waals surface area (Å²) in [7, 11) is 1.51. The third-order valence-corrected chi connectivity index (χ3v) is 4.83. The molecule has 0 saturated carbocycles. The molecule has 1 atom stereocenters. The Hall–Kier alpha value is -2.93. The number of carboxylic acid groups (broad SMARTS) is 1. The number of aliphatic carboxylic acids is 1. The summed E-state index contributed by atoms with van der Waals surface area (Å²) in [6.45, 7) is 0. The van der Waals surface area contributed by atoms with Crippen LogP contribution in [0, 0.1) is 0 Å². The first-order chi connectivity index (χ1) is 13.6. The number of thiol groups is 1. The summed E-state index contributed by atoms with van der Waals surface area (Å²) < 4.78 is 5.35. The van der Waals surface area contributed by atoms with E-state index in [-0.39, 0.29) is 5.91 Å². The van der Waals surface area contributed by atoms with Crippen LogP contribution in [0.4, 0.5) is 5.69 Å². The molecule has 146 valence electrons. The van der Waals surface area contributed by atoms with Crippen LogP contribution in [0.15, 0.2) is 60.4 Å². The topological polar surface area (TPSA) is 78.9 Å². The maximum atomic E-state index is 13.5. The van der Waals surface area contributed by atoms with Gasteiger partial charge in [0.25, 0.3) is 5.91 Å². The number of methoxy groups -OCH3 is 1. The predicted octanol–water partition coefficient (Wildman–Crippen LogP) is 3.10. The number of nitrogens with one attached hydrogen (secondary N) is 1. The Labute approximate surface area is 169 Å². The number of carboxylic acids is 1. The summed E-state index contributed by atoms with van der Waals surface area (Å²) >= 11 is 4.14. The van der Waals surface area contributed by atoms with Crippen LogP contribution in [0.5, 0.6) is 5.75 Å². The quantitative estimate of drug-likeness (QED) is 0.625. The van der Waals surface area contributed by atoms with Gasteiger partial charge in [0.2, 0.25) is 0 Å². The highest BCUT2D eigenvalue weighted by Crippen LogP contribution is 2.32. The van der Waals surface area contributed by atoms with Gasteiger partial charge in [-0.3, -0.25) is 9.69 Å². The van der Waals surface area contributed by atoms with Crippen molar-refractivity contribution in [1.29, 1.82) is 0 Å². The second-order valence-corrected chi connectivity index (χ2v) is 6.76. The molecule has 0 radical (unpaired) electrons. The van der Waals surface area contributed by atoms with Crippen LogP contribution in [0.3, 0.4) is 0 Å². The van der Waals surface area contributed by atoms with E-state index in [4.69, 9.17) is 4.74 Å². The molecule has 1 aliphatic heterocycles. The number of rotatable bonds is 7. The Bertz CT molecular complexity index is 913. The number of carbonyl (C=O) groups excluding carboxylic acids is 1. The Balaban J connectivity index is 2.03. The number of ether oxygens (including phenoxy) is 1. The minimum atomic E-state index is -0.988. The lowest BCUT2D eigenvalue weighted by Gasteiger charge is -2.33. The maximum absolute atomic E-state index is 13.5. The number of hydrogen-bond donors (Lipinski definition) is 3. The van der Waals surface area contributed by atoms with Gasteiger partial charge in [0.05, 0.1) is 18.4 Å². The van der Waals surface area contributed by atoms with E-state index in [0.29, 0.717) is 35.7 Å². The molecule has 2 aromatic rings. The molecule has 1 amide bonds. The van der Waals surface area contributed by atoms with Gasteiger partial charge in [0.15, 0.2) is 0 Å². The molecule has 1 heterocycles. The van der Waals surface area contributed by atoms with E-state index < -0.39 is 12.0 Å². The van der Waals surface area contributed by atoms with E-state index in [0.717, 1.165) is 11.3 Å². The third kappa shape index (κ3) is 3.99. The Morgan fingerprint density at radius 2 is 1.93 bits per heavy atom. The van der Waals surface area contributed by atoms with Gasteiger partial charge in [0, 0.05) is 0 Å². The summed E-state index contributed by atoms with van der Waals surface area (Å²) in [5.74, 6) is 0.0366. The Kier molecular flexibility index (Phi) is 6.26. The molecule has 2 N–H and O–H groups in total. The highest BCUT2D eigenvalue weighted by molar-refractivity contribution is 7.80. The molecule has 1 aliphatic rings. The smallest absolute Gasteiger partial charge is 0.326 e. The average molecular weight is 398 g/mol. The number of amides is 1. The monoisotopic (exact) mass is 398 g/mol. The average Bonchev–Trinajstić information content (AvgIpc) is 2.72. The van der Waals surface area contributed by atoms with Crippen molar-refractivity contribution in [2.24, 2.45) is 0 Å². The van der Waals surface area contributed by atoms with E-state index in [9.17, 15) is 14.7 Å². The summed E-state index contributed by atoms with van der Waals surface area (Å²) in [5, 5.41) is 12.5. The molecular weight excluding hydrogens is 376 g/mol. The van der Waals surface area contributed by atoms with Crippen LogP contribution < -0.4 is 15.0 Å². The number of nitrogens with zero attached hydrogens (tertiary/aromatic N) is 1. The maximum Gasteiger partial charge on any atom is 0.326 e. The fraction of sp³-hybridized carbons (Fsp3) is 0.238. The lowest BCUT2D eigenvalue weighted by Crippen LogP contribution is -2.46. The zero-order valence-electron chi connectivity index (χ0n) is 15.5. The molecule has 3 rings (SSSR count). The van der Waals surface area contributed by atoms with Crippen molar-refractivity contribution in [1.82, 2.24) is 5.32 Å². The summed E-state index contributed by atoms with van der Waals surface area (Å²) in [5.41, 5.74) is 2.10. The number of benzene rings is 2. The van der Waals surface area contributed by atoms with E-state index in [1.54, 1.807) is 24.3 Å². The van der Waals surface area contributed by atoms with E-state index in [2.05, 4.69) is 17.9 Å². The Morgan fingerprint density at radius 3 is 2.64 bits per heavy atom. The molecule has 2 aromatic carbocycles. The molecule has 0 aliphatic carbocycles. The number of anilines is 1. The van der Waals surface area contributed by atoms with E-state index in [1.165, 1.54) is 12.0 Å². The second kappa shape index (κ2) is 8.84. The molecule has 0 unspecified atom stereocenters. The SMILES string of the molecule is COc1ccccc1C(=O)N1C(N[C@@H](CCS)C(=O)O)=CCc2ccccc21. The fourth-order valence-electron chi connectivity index (χ4n) is 3.18. The van der Waals surface area contributed by atoms with E-state index >= 15 is 0 Å². The molecule has 7 heteroatoms. The van der Waals surface area contributed by atoms with Crippen LogP contribution in [0.1, 0.15) is 22.3 Å². The van der Waals surface area contributed by atoms with Gasteiger partial charge < -0.3 is 15.2 Å². The van der Waals surface area contributed by atoms with Gasteiger partial charge in [-0.25, -0.2) is 4.79 Å². The predicted molar refractivity (Wildman–Crippen MR) is 111 cm³/mol. The van der Waals surface area contributed by atoms with Crippen molar-refractivity contribution in [3.63, 3.8) is 0 Å². The van der Waals surface area contributed by atoms with Crippen molar-refractivity contribution in [3.05, 3.63) is 71.6 Å².